The quantitative estimate of drug-likeness (QED) is 0.760. The number of carbonyl (C=O) groups excluding carboxylic acids is 1. The van der Waals surface area contributed by atoms with E-state index in [4.69, 9.17) is 0 Å². The summed E-state index contributed by atoms with van der Waals surface area (Å²) in [4.78, 5) is 12.0. The summed E-state index contributed by atoms with van der Waals surface area (Å²) in [7, 11) is -3.22. The fourth-order valence-corrected chi connectivity index (χ4v) is 3.54. The molecule has 0 spiro atoms. The molecule has 1 amide bonds. The Morgan fingerprint density at radius 1 is 1.43 bits per heavy atom. The Bertz CT molecular complexity index is 572. The lowest BCUT2D eigenvalue weighted by Crippen LogP contribution is -2.42. The van der Waals surface area contributed by atoms with Gasteiger partial charge in [-0.25, -0.2) is 13.1 Å². The highest BCUT2D eigenvalue weighted by Crippen LogP contribution is 2.23. The van der Waals surface area contributed by atoms with Gasteiger partial charge >= 0.3 is 0 Å². The molecule has 0 saturated carbocycles. The molecule has 0 radical (unpaired) electrons. The number of nitrogens with zero attached hydrogens (tertiary/aromatic N) is 4. The van der Waals surface area contributed by atoms with Gasteiger partial charge < -0.3 is 5.32 Å². The largest absolute Gasteiger partial charge is 0.350 e. The van der Waals surface area contributed by atoms with Gasteiger partial charge in [-0.1, -0.05) is 18.6 Å². The van der Waals surface area contributed by atoms with Crippen LogP contribution in [-0.2, 0) is 21.4 Å². The van der Waals surface area contributed by atoms with E-state index < -0.39 is 10.0 Å². The van der Waals surface area contributed by atoms with Crippen molar-refractivity contribution in [2.75, 3.05) is 19.3 Å². The van der Waals surface area contributed by atoms with Crippen LogP contribution in [0.15, 0.2) is 12.4 Å². The third-order valence-corrected chi connectivity index (χ3v) is 4.90. The van der Waals surface area contributed by atoms with Crippen molar-refractivity contribution in [2.45, 2.75) is 32.4 Å². The van der Waals surface area contributed by atoms with Crippen molar-refractivity contribution >= 4 is 15.9 Å². The van der Waals surface area contributed by atoms with E-state index in [-0.39, 0.29) is 24.4 Å². The zero-order valence-electron chi connectivity index (χ0n) is 12.3. The Morgan fingerprint density at radius 3 is 2.76 bits per heavy atom. The van der Waals surface area contributed by atoms with Gasteiger partial charge in [0.1, 0.15) is 6.54 Å². The van der Waals surface area contributed by atoms with Crippen LogP contribution in [0.25, 0.3) is 0 Å². The molecular formula is C12H21N5O3S. The molecule has 0 aromatic carbocycles. The van der Waals surface area contributed by atoms with Crippen LogP contribution in [0.2, 0.25) is 0 Å². The molecule has 1 aromatic rings. The highest BCUT2D eigenvalue weighted by molar-refractivity contribution is 7.88. The minimum Gasteiger partial charge on any atom is -0.350 e. The third-order valence-electron chi connectivity index (χ3n) is 3.66. The van der Waals surface area contributed by atoms with Gasteiger partial charge in [-0.05, 0) is 12.3 Å². The monoisotopic (exact) mass is 315 g/mol. The van der Waals surface area contributed by atoms with Gasteiger partial charge in [0.05, 0.1) is 12.5 Å². The predicted molar refractivity (Wildman–Crippen MR) is 76.8 cm³/mol. The normalized spacial score (nSPS) is 23.3. The summed E-state index contributed by atoms with van der Waals surface area (Å²) in [6.45, 7) is 2.96. The van der Waals surface area contributed by atoms with Crippen molar-refractivity contribution in [1.29, 1.82) is 0 Å². The van der Waals surface area contributed by atoms with E-state index in [1.54, 1.807) is 6.20 Å². The van der Waals surface area contributed by atoms with Crippen LogP contribution in [0.3, 0.4) is 0 Å². The van der Waals surface area contributed by atoms with Gasteiger partial charge in [0.15, 0.2) is 0 Å². The van der Waals surface area contributed by atoms with Gasteiger partial charge in [-0.2, -0.15) is 4.31 Å². The van der Waals surface area contributed by atoms with Crippen molar-refractivity contribution in [2.24, 2.45) is 5.92 Å². The van der Waals surface area contributed by atoms with Gasteiger partial charge in [-0.3, -0.25) is 4.79 Å². The van der Waals surface area contributed by atoms with Gasteiger partial charge in [0, 0.05) is 25.3 Å². The van der Waals surface area contributed by atoms with Crippen LogP contribution in [0.5, 0.6) is 0 Å². The molecule has 1 aliphatic heterocycles. The minimum absolute atomic E-state index is 0.0915. The minimum atomic E-state index is -3.22. The fourth-order valence-electron chi connectivity index (χ4n) is 2.65. The standard InChI is InChI=1S/C12H21N5O3S/c1-3-4-10-7-17(21(2,19)20)8-11(10)14-12(18)9-16-6-5-13-15-16/h5-6,10-11H,3-4,7-9H2,1-2H3,(H,14,18). The second kappa shape index (κ2) is 6.52. The lowest BCUT2D eigenvalue weighted by atomic mass is 9.98. The predicted octanol–water partition coefficient (Wildman–Crippen LogP) is -0.546. The van der Waals surface area contributed by atoms with Crippen LogP contribution in [0, 0.1) is 5.92 Å². The smallest absolute Gasteiger partial charge is 0.242 e. The molecule has 1 fully saturated rings. The van der Waals surface area contributed by atoms with Gasteiger partial charge in [0.2, 0.25) is 15.9 Å². The molecule has 0 bridgehead atoms. The highest BCUT2D eigenvalue weighted by Gasteiger charge is 2.37. The van der Waals surface area contributed by atoms with Crippen LogP contribution in [0.4, 0.5) is 0 Å². The molecule has 9 heteroatoms. The van der Waals surface area contributed by atoms with Crippen molar-refractivity contribution in [3.05, 3.63) is 12.4 Å². The maximum atomic E-state index is 12.0. The highest BCUT2D eigenvalue weighted by atomic mass is 32.2. The second-order valence-electron chi connectivity index (χ2n) is 5.40. The first-order valence-corrected chi connectivity index (χ1v) is 8.83. The Hall–Kier alpha value is -1.48. The van der Waals surface area contributed by atoms with Gasteiger partial charge in [-0.15, -0.1) is 5.10 Å². The summed E-state index contributed by atoms with van der Waals surface area (Å²) in [5.41, 5.74) is 0. The molecular weight excluding hydrogens is 294 g/mol. The number of rotatable bonds is 6. The van der Waals surface area contributed by atoms with Crippen molar-refractivity contribution in [3.63, 3.8) is 0 Å². The lowest BCUT2D eigenvalue weighted by molar-refractivity contribution is -0.122. The Labute approximate surface area is 124 Å². The number of nitrogens with one attached hydrogen (secondary N) is 1. The summed E-state index contributed by atoms with van der Waals surface area (Å²) in [5, 5.41) is 10.3. The second-order valence-corrected chi connectivity index (χ2v) is 7.39. The van der Waals surface area contributed by atoms with E-state index in [0.29, 0.717) is 13.1 Å². The number of amides is 1. The Morgan fingerprint density at radius 2 is 2.19 bits per heavy atom. The van der Waals surface area contributed by atoms with E-state index in [1.165, 1.54) is 21.4 Å². The number of hydrogen-bond donors (Lipinski definition) is 1. The maximum absolute atomic E-state index is 12.0. The van der Waals surface area contributed by atoms with Crippen LogP contribution < -0.4 is 5.32 Å². The average Bonchev–Trinajstić information content (AvgIpc) is 2.99. The summed E-state index contributed by atoms with van der Waals surface area (Å²) in [6, 6.07) is -0.143. The Kier molecular flexibility index (Phi) is 4.94. The molecule has 2 heterocycles. The summed E-state index contributed by atoms with van der Waals surface area (Å²) < 4.78 is 26.2. The van der Waals surface area contributed by atoms with Crippen LogP contribution in [0.1, 0.15) is 19.8 Å². The number of hydrogen-bond acceptors (Lipinski definition) is 5. The number of aromatic nitrogens is 3. The van der Waals surface area contributed by atoms with E-state index in [2.05, 4.69) is 22.6 Å². The molecule has 1 aromatic heterocycles. The maximum Gasteiger partial charge on any atom is 0.242 e. The molecule has 0 aliphatic carbocycles. The van der Waals surface area contributed by atoms with E-state index in [9.17, 15) is 13.2 Å². The first-order valence-electron chi connectivity index (χ1n) is 6.98. The molecule has 2 rings (SSSR count). The molecule has 1 N–H and O–H groups in total. The number of sulfonamides is 1. The van der Waals surface area contributed by atoms with Crippen molar-refractivity contribution in [3.8, 4) is 0 Å². The Balaban J connectivity index is 1.97. The summed E-state index contributed by atoms with van der Waals surface area (Å²) >= 11 is 0. The van der Waals surface area contributed by atoms with Crippen molar-refractivity contribution < 1.29 is 13.2 Å². The van der Waals surface area contributed by atoms with Crippen molar-refractivity contribution in [1.82, 2.24) is 24.6 Å². The molecule has 8 nitrogen and oxygen atoms in total. The first-order chi connectivity index (χ1) is 9.90. The molecule has 1 aliphatic rings. The summed E-state index contributed by atoms with van der Waals surface area (Å²) in [6.07, 6.45) is 6.17. The SMILES string of the molecule is CCCC1CN(S(C)(=O)=O)CC1NC(=O)Cn1ccnn1. The average molecular weight is 315 g/mol. The van der Waals surface area contributed by atoms with Crippen LogP contribution >= 0.6 is 0 Å². The molecule has 118 valence electrons. The van der Waals surface area contributed by atoms with Gasteiger partial charge in [0.25, 0.3) is 0 Å². The third kappa shape index (κ3) is 4.24. The molecule has 1 saturated heterocycles. The number of carbonyl (C=O) groups is 1. The van der Waals surface area contributed by atoms with E-state index >= 15 is 0 Å². The molecule has 21 heavy (non-hydrogen) atoms. The van der Waals surface area contributed by atoms with Crippen LogP contribution in [-0.4, -0.2) is 59.0 Å². The van der Waals surface area contributed by atoms with E-state index in [1.807, 2.05) is 0 Å². The molecule has 2 unspecified atom stereocenters. The topological polar surface area (TPSA) is 97.2 Å². The van der Waals surface area contributed by atoms with E-state index in [0.717, 1.165) is 12.8 Å². The molecule has 2 atom stereocenters. The summed E-state index contributed by atoms with van der Waals surface area (Å²) in [5.74, 6) is -0.0219. The zero-order chi connectivity index (χ0) is 15.5. The zero-order valence-corrected chi connectivity index (χ0v) is 13.1. The fraction of sp³-hybridized carbons (Fsp3) is 0.750. The first kappa shape index (κ1) is 15.9. The lowest BCUT2D eigenvalue weighted by Gasteiger charge is -2.19.